The number of aliphatic hydroxyl groups is 2. The average molecular weight is 260 g/mol. The first-order valence-electron chi connectivity index (χ1n) is 5.02. The van der Waals surface area contributed by atoms with Gasteiger partial charge in [-0.05, 0) is 17.7 Å². The van der Waals surface area contributed by atoms with Crippen LogP contribution in [0.5, 0.6) is 5.75 Å². The molecular weight excluding hydrogens is 244 g/mol. The number of hydrogen-bond acceptors (Lipinski definition) is 5. The van der Waals surface area contributed by atoms with E-state index in [0.717, 1.165) is 6.26 Å². The van der Waals surface area contributed by atoms with Gasteiger partial charge in [0, 0.05) is 6.26 Å². The molecule has 0 aromatic heterocycles. The van der Waals surface area contributed by atoms with Gasteiger partial charge in [-0.25, -0.2) is 8.42 Å². The van der Waals surface area contributed by atoms with Crippen LogP contribution in [-0.4, -0.2) is 43.9 Å². The maximum absolute atomic E-state index is 11.4. The van der Waals surface area contributed by atoms with Gasteiger partial charge in [-0.1, -0.05) is 12.1 Å². The second kappa shape index (κ2) is 5.48. The second-order valence-electron chi connectivity index (χ2n) is 3.77. The van der Waals surface area contributed by atoms with Gasteiger partial charge < -0.3 is 14.9 Å². The highest BCUT2D eigenvalue weighted by molar-refractivity contribution is 7.91. The van der Waals surface area contributed by atoms with E-state index in [2.05, 4.69) is 0 Å². The number of aliphatic hydroxyl groups excluding tert-OH is 2. The molecule has 96 valence electrons. The van der Waals surface area contributed by atoms with Crippen LogP contribution in [0.15, 0.2) is 24.3 Å². The minimum absolute atomic E-state index is 0.426. The van der Waals surface area contributed by atoms with Crippen LogP contribution in [0.2, 0.25) is 0 Å². The first-order valence-corrected chi connectivity index (χ1v) is 6.97. The van der Waals surface area contributed by atoms with Crippen LogP contribution in [0, 0.1) is 0 Å². The molecule has 5 nitrogen and oxygen atoms in total. The number of hydrogen-bond donors (Lipinski definition) is 2. The van der Waals surface area contributed by atoms with Crippen LogP contribution >= 0.6 is 0 Å². The van der Waals surface area contributed by atoms with Crippen LogP contribution in [0.3, 0.4) is 0 Å². The molecule has 6 heteroatoms. The summed E-state index contributed by atoms with van der Waals surface area (Å²) in [6, 6.07) is 6.37. The van der Waals surface area contributed by atoms with Crippen molar-refractivity contribution in [2.45, 2.75) is 11.4 Å². The van der Waals surface area contributed by atoms with E-state index in [1.165, 1.54) is 7.11 Å². The normalized spacial score (nSPS) is 15.3. The molecular formula is C11H16O5S. The summed E-state index contributed by atoms with van der Waals surface area (Å²) in [5.41, 5.74) is 0.426. The van der Waals surface area contributed by atoms with E-state index in [9.17, 15) is 13.5 Å². The molecule has 0 unspecified atom stereocenters. The third-order valence-corrected chi connectivity index (χ3v) is 4.05. The topological polar surface area (TPSA) is 83.8 Å². The van der Waals surface area contributed by atoms with Crippen molar-refractivity contribution < 1.29 is 23.4 Å². The lowest BCUT2D eigenvalue weighted by Gasteiger charge is -2.19. The molecule has 0 bridgehead atoms. The first-order chi connectivity index (χ1) is 7.90. The van der Waals surface area contributed by atoms with E-state index in [1.54, 1.807) is 24.3 Å². The van der Waals surface area contributed by atoms with E-state index in [4.69, 9.17) is 9.84 Å². The first kappa shape index (κ1) is 14.0. The molecule has 1 rings (SSSR count). The Hall–Kier alpha value is -1.11. The zero-order valence-electron chi connectivity index (χ0n) is 9.70. The maximum Gasteiger partial charge on any atom is 0.155 e. The molecule has 0 aliphatic carbocycles. The predicted octanol–water partition coefficient (Wildman–Crippen LogP) is 0.134. The van der Waals surface area contributed by atoms with Gasteiger partial charge in [0.05, 0.1) is 19.8 Å². The number of benzene rings is 1. The van der Waals surface area contributed by atoms with E-state index in [0.29, 0.717) is 11.3 Å². The number of ether oxygens (including phenoxy) is 1. The van der Waals surface area contributed by atoms with Gasteiger partial charge in [0.15, 0.2) is 9.84 Å². The van der Waals surface area contributed by atoms with E-state index in [-0.39, 0.29) is 0 Å². The molecule has 1 aromatic rings. The number of rotatable bonds is 5. The molecule has 0 aliphatic heterocycles. The summed E-state index contributed by atoms with van der Waals surface area (Å²) in [6.45, 7) is -0.619. The van der Waals surface area contributed by atoms with Crippen molar-refractivity contribution in [3.8, 4) is 5.75 Å². The minimum Gasteiger partial charge on any atom is -0.497 e. The molecule has 1 aromatic carbocycles. The monoisotopic (exact) mass is 260 g/mol. The fourth-order valence-corrected chi connectivity index (χ4v) is 2.38. The largest absolute Gasteiger partial charge is 0.497 e. The van der Waals surface area contributed by atoms with Crippen molar-refractivity contribution >= 4 is 9.84 Å². The van der Waals surface area contributed by atoms with Crippen LogP contribution < -0.4 is 4.74 Å². The average Bonchev–Trinajstić information content (AvgIpc) is 2.28. The molecule has 0 heterocycles. The summed E-state index contributed by atoms with van der Waals surface area (Å²) in [5.74, 6) is 0.612. The van der Waals surface area contributed by atoms with E-state index < -0.39 is 27.8 Å². The van der Waals surface area contributed by atoms with Crippen molar-refractivity contribution in [1.29, 1.82) is 0 Å². The maximum atomic E-state index is 11.4. The van der Waals surface area contributed by atoms with Gasteiger partial charge in [0.1, 0.15) is 11.0 Å². The molecule has 0 radical (unpaired) electrons. The van der Waals surface area contributed by atoms with Gasteiger partial charge in [-0.15, -0.1) is 0 Å². The lowest BCUT2D eigenvalue weighted by Crippen LogP contribution is -2.31. The van der Waals surface area contributed by atoms with Crippen molar-refractivity contribution in [3.05, 3.63) is 29.8 Å². The second-order valence-corrected chi connectivity index (χ2v) is 6.03. The van der Waals surface area contributed by atoms with Crippen molar-refractivity contribution in [2.24, 2.45) is 0 Å². The Bertz CT molecular complexity index is 451. The molecule has 0 aliphatic rings. The molecule has 0 spiro atoms. The summed E-state index contributed by atoms with van der Waals surface area (Å²) in [7, 11) is -2.00. The quantitative estimate of drug-likeness (QED) is 0.786. The highest BCUT2D eigenvalue weighted by Gasteiger charge is 2.29. The summed E-state index contributed by atoms with van der Waals surface area (Å²) in [6.07, 6.45) is -0.262. The van der Waals surface area contributed by atoms with Crippen LogP contribution in [0.25, 0.3) is 0 Å². The van der Waals surface area contributed by atoms with Crippen molar-refractivity contribution in [3.63, 3.8) is 0 Å². The zero-order chi connectivity index (χ0) is 13.1. The molecule has 2 atom stereocenters. The van der Waals surface area contributed by atoms with Crippen molar-refractivity contribution in [2.75, 3.05) is 20.0 Å². The summed E-state index contributed by atoms with van der Waals surface area (Å²) in [4.78, 5) is 0. The Balaban J connectivity index is 2.98. The predicted molar refractivity (Wildman–Crippen MR) is 63.7 cm³/mol. The summed E-state index contributed by atoms with van der Waals surface area (Å²) >= 11 is 0. The third kappa shape index (κ3) is 3.42. The SMILES string of the molecule is COc1ccc([C@@H](O)[C@H](CO)S(C)(=O)=O)cc1. The van der Waals surface area contributed by atoms with Crippen LogP contribution in [-0.2, 0) is 9.84 Å². The molecule has 0 saturated heterocycles. The van der Waals surface area contributed by atoms with Gasteiger partial charge >= 0.3 is 0 Å². The standard InChI is InChI=1S/C11H16O5S/c1-16-9-5-3-8(4-6-9)11(13)10(7-12)17(2,14)15/h3-6,10-13H,7H2,1-2H3/t10-,11+/m0/s1. The Morgan fingerprint density at radius 3 is 2.18 bits per heavy atom. The van der Waals surface area contributed by atoms with Crippen LogP contribution in [0.1, 0.15) is 11.7 Å². The van der Waals surface area contributed by atoms with Gasteiger partial charge in [0.25, 0.3) is 0 Å². The Kier molecular flexibility index (Phi) is 4.50. The Morgan fingerprint density at radius 1 is 1.29 bits per heavy atom. The van der Waals surface area contributed by atoms with Gasteiger partial charge in [-0.3, -0.25) is 0 Å². The van der Waals surface area contributed by atoms with Crippen molar-refractivity contribution in [1.82, 2.24) is 0 Å². The third-order valence-electron chi connectivity index (χ3n) is 2.54. The Morgan fingerprint density at radius 2 is 1.82 bits per heavy atom. The number of methoxy groups -OCH3 is 1. The van der Waals surface area contributed by atoms with Gasteiger partial charge in [-0.2, -0.15) is 0 Å². The molecule has 17 heavy (non-hydrogen) atoms. The lowest BCUT2D eigenvalue weighted by molar-refractivity contribution is 0.138. The summed E-state index contributed by atoms with van der Waals surface area (Å²) in [5, 5.41) is 17.7. The molecule has 0 amide bonds. The minimum atomic E-state index is -3.51. The highest BCUT2D eigenvalue weighted by Crippen LogP contribution is 2.23. The van der Waals surface area contributed by atoms with Gasteiger partial charge in [0.2, 0.25) is 0 Å². The fraction of sp³-hybridized carbons (Fsp3) is 0.455. The van der Waals surface area contributed by atoms with E-state index >= 15 is 0 Å². The Labute approximate surface area is 101 Å². The highest BCUT2D eigenvalue weighted by atomic mass is 32.2. The fourth-order valence-electron chi connectivity index (χ4n) is 1.49. The van der Waals surface area contributed by atoms with E-state index in [1.807, 2.05) is 0 Å². The molecule has 0 fully saturated rings. The lowest BCUT2D eigenvalue weighted by atomic mass is 10.1. The number of sulfone groups is 1. The summed E-state index contributed by atoms with van der Waals surface area (Å²) < 4.78 is 27.7. The zero-order valence-corrected chi connectivity index (χ0v) is 10.5. The molecule has 0 saturated carbocycles. The molecule has 2 N–H and O–H groups in total. The van der Waals surface area contributed by atoms with Crippen LogP contribution in [0.4, 0.5) is 0 Å². The smallest absolute Gasteiger partial charge is 0.155 e.